The maximum absolute atomic E-state index is 13.4. The highest BCUT2D eigenvalue weighted by Gasteiger charge is 2.10. The number of halogens is 2. The summed E-state index contributed by atoms with van der Waals surface area (Å²) in [5.74, 6) is -0.235. The minimum absolute atomic E-state index is 0.235. The lowest BCUT2D eigenvalue weighted by Gasteiger charge is -2.12. The van der Waals surface area contributed by atoms with Crippen molar-refractivity contribution in [2.24, 2.45) is 0 Å². The van der Waals surface area contributed by atoms with Gasteiger partial charge in [0, 0.05) is 23.2 Å². The Morgan fingerprint density at radius 1 is 1.33 bits per heavy atom. The third-order valence-electron chi connectivity index (χ3n) is 2.60. The number of hydrogen-bond acceptors (Lipinski definition) is 1. The van der Waals surface area contributed by atoms with E-state index in [1.54, 1.807) is 12.1 Å². The molecule has 1 aliphatic carbocycles. The van der Waals surface area contributed by atoms with Crippen molar-refractivity contribution in [3.8, 4) is 0 Å². The molecule has 0 aliphatic heterocycles. The summed E-state index contributed by atoms with van der Waals surface area (Å²) in [5, 5.41) is 3.76. The predicted molar refractivity (Wildman–Crippen MR) is 60.4 cm³/mol. The fraction of sp³-hybridized carbons (Fsp3) is 0.333. The molecule has 0 radical (unpaired) electrons. The van der Waals surface area contributed by atoms with Gasteiger partial charge in [-0.05, 0) is 25.0 Å². The van der Waals surface area contributed by atoms with Crippen molar-refractivity contribution in [1.82, 2.24) is 5.32 Å². The van der Waals surface area contributed by atoms with E-state index in [1.165, 1.54) is 6.07 Å². The summed E-state index contributed by atoms with van der Waals surface area (Å²) in [6.45, 7) is 0.565. The van der Waals surface area contributed by atoms with Crippen molar-refractivity contribution in [3.63, 3.8) is 0 Å². The highest BCUT2D eigenvalue weighted by atomic mass is 35.5. The van der Waals surface area contributed by atoms with Gasteiger partial charge in [-0.1, -0.05) is 29.8 Å². The predicted octanol–water partition coefficient (Wildman–Crippen LogP) is 3.29. The molecule has 1 aliphatic rings. The van der Waals surface area contributed by atoms with Gasteiger partial charge in [-0.3, -0.25) is 0 Å². The van der Waals surface area contributed by atoms with Crippen LogP contribution in [0, 0.1) is 5.82 Å². The van der Waals surface area contributed by atoms with Crippen LogP contribution in [0.1, 0.15) is 18.4 Å². The van der Waals surface area contributed by atoms with E-state index >= 15 is 0 Å². The molecule has 1 N–H and O–H groups in total. The van der Waals surface area contributed by atoms with Crippen molar-refractivity contribution in [2.75, 3.05) is 0 Å². The van der Waals surface area contributed by atoms with Crippen LogP contribution in [0.2, 0.25) is 5.02 Å². The van der Waals surface area contributed by atoms with E-state index in [9.17, 15) is 4.39 Å². The molecule has 0 atom stereocenters. The van der Waals surface area contributed by atoms with E-state index < -0.39 is 0 Å². The van der Waals surface area contributed by atoms with Gasteiger partial charge in [-0.2, -0.15) is 0 Å². The Morgan fingerprint density at radius 3 is 2.73 bits per heavy atom. The van der Waals surface area contributed by atoms with Crippen molar-refractivity contribution < 1.29 is 4.39 Å². The molecule has 0 bridgehead atoms. The second kappa shape index (κ2) is 4.77. The molecule has 1 nitrogen and oxygen atoms in total. The maximum Gasteiger partial charge on any atom is 0.129 e. The van der Waals surface area contributed by atoms with Crippen molar-refractivity contribution >= 4 is 11.6 Å². The van der Waals surface area contributed by atoms with Gasteiger partial charge < -0.3 is 5.32 Å². The quantitative estimate of drug-likeness (QED) is 0.779. The molecule has 2 rings (SSSR count). The van der Waals surface area contributed by atoms with Crippen LogP contribution >= 0.6 is 11.6 Å². The lowest BCUT2D eigenvalue weighted by molar-refractivity contribution is 0.520. The smallest absolute Gasteiger partial charge is 0.129 e. The van der Waals surface area contributed by atoms with Crippen LogP contribution in [0.25, 0.3) is 0 Å². The Balaban J connectivity index is 1.92. The molecule has 0 spiro atoms. The fourth-order valence-corrected chi connectivity index (χ4v) is 1.86. The first-order chi connectivity index (χ1) is 7.25. The topological polar surface area (TPSA) is 12.0 Å². The van der Waals surface area contributed by atoms with Crippen molar-refractivity contribution in [3.05, 3.63) is 46.8 Å². The molecule has 0 saturated carbocycles. The molecule has 80 valence electrons. The normalized spacial score (nSPS) is 16.1. The molecule has 0 unspecified atom stereocenters. The molecule has 0 saturated heterocycles. The molecule has 0 heterocycles. The Labute approximate surface area is 93.9 Å². The summed E-state index contributed by atoms with van der Waals surface area (Å²) in [6.07, 6.45) is 6.37. The largest absolute Gasteiger partial charge is 0.309 e. The van der Waals surface area contributed by atoms with Crippen LogP contribution in [0.4, 0.5) is 4.39 Å². The van der Waals surface area contributed by atoms with E-state index in [4.69, 9.17) is 11.6 Å². The highest BCUT2D eigenvalue weighted by molar-refractivity contribution is 6.30. The number of benzene rings is 1. The highest BCUT2D eigenvalue weighted by Crippen LogP contribution is 2.16. The molecule has 1 aromatic rings. The van der Waals surface area contributed by atoms with E-state index in [0.29, 0.717) is 23.2 Å². The first kappa shape index (κ1) is 10.7. The van der Waals surface area contributed by atoms with Crippen LogP contribution in [-0.4, -0.2) is 6.04 Å². The van der Waals surface area contributed by atoms with Crippen LogP contribution in [-0.2, 0) is 6.54 Å². The van der Waals surface area contributed by atoms with E-state index in [2.05, 4.69) is 17.5 Å². The summed E-state index contributed by atoms with van der Waals surface area (Å²) in [6, 6.07) is 5.26. The van der Waals surface area contributed by atoms with Crippen molar-refractivity contribution in [2.45, 2.75) is 25.4 Å². The minimum Gasteiger partial charge on any atom is -0.309 e. The van der Waals surface area contributed by atoms with Gasteiger partial charge in [-0.15, -0.1) is 0 Å². The van der Waals surface area contributed by atoms with Crippen molar-refractivity contribution in [1.29, 1.82) is 0 Å². The summed E-state index contributed by atoms with van der Waals surface area (Å²) >= 11 is 5.67. The van der Waals surface area contributed by atoms with Crippen LogP contribution < -0.4 is 5.32 Å². The van der Waals surface area contributed by atoms with E-state index in [0.717, 1.165) is 12.8 Å². The zero-order valence-corrected chi connectivity index (χ0v) is 9.10. The van der Waals surface area contributed by atoms with Gasteiger partial charge in [0.15, 0.2) is 0 Å². The van der Waals surface area contributed by atoms with Gasteiger partial charge >= 0.3 is 0 Å². The van der Waals surface area contributed by atoms with E-state index in [-0.39, 0.29) is 5.82 Å². The minimum atomic E-state index is -0.235. The second-order valence-corrected chi connectivity index (χ2v) is 4.19. The molecule has 0 amide bonds. The maximum atomic E-state index is 13.4. The van der Waals surface area contributed by atoms with Crippen LogP contribution in [0.15, 0.2) is 30.4 Å². The van der Waals surface area contributed by atoms with Gasteiger partial charge in [0.1, 0.15) is 5.82 Å². The molecular weight excluding hydrogens is 213 g/mol. The zero-order valence-electron chi connectivity index (χ0n) is 8.34. The molecule has 0 aromatic heterocycles. The SMILES string of the molecule is Fc1cc(Cl)ccc1CNC1CC=CC1. The molecule has 15 heavy (non-hydrogen) atoms. The van der Waals surface area contributed by atoms with Crippen LogP contribution in [0.5, 0.6) is 0 Å². The van der Waals surface area contributed by atoms with Gasteiger partial charge in [0.25, 0.3) is 0 Å². The van der Waals surface area contributed by atoms with E-state index in [1.807, 2.05) is 0 Å². The van der Waals surface area contributed by atoms with Gasteiger partial charge in [0.05, 0.1) is 0 Å². The molecule has 0 fully saturated rings. The Bertz CT molecular complexity index is 368. The Kier molecular flexibility index (Phi) is 3.39. The van der Waals surface area contributed by atoms with Gasteiger partial charge in [0.2, 0.25) is 0 Å². The summed E-state index contributed by atoms with van der Waals surface area (Å²) in [5.41, 5.74) is 0.673. The number of nitrogens with one attached hydrogen (secondary N) is 1. The average Bonchev–Trinajstić information content (AvgIpc) is 2.69. The first-order valence-corrected chi connectivity index (χ1v) is 5.46. The lowest BCUT2D eigenvalue weighted by Crippen LogP contribution is -2.26. The summed E-state index contributed by atoms with van der Waals surface area (Å²) in [7, 11) is 0. The first-order valence-electron chi connectivity index (χ1n) is 5.08. The molecular formula is C12H13ClFN. The summed E-state index contributed by atoms with van der Waals surface area (Å²) in [4.78, 5) is 0. The Morgan fingerprint density at radius 2 is 2.07 bits per heavy atom. The number of rotatable bonds is 3. The lowest BCUT2D eigenvalue weighted by atomic mass is 10.2. The average molecular weight is 226 g/mol. The van der Waals surface area contributed by atoms with Gasteiger partial charge in [-0.25, -0.2) is 4.39 Å². The molecule has 3 heteroatoms. The fourth-order valence-electron chi connectivity index (χ4n) is 1.70. The number of hydrogen-bond donors (Lipinski definition) is 1. The molecule has 1 aromatic carbocycles. The monoisotopic (exact) mass is 225 g/mol. The van der Waals surface area contributed by atoms with Crippen LogP contribution in [0.3, 0.4) is 0 Å². The standard InChI is InChI=1S/C12H13ClFN/c13-10-6-5-9(12(14)7-10)8-15-11-3-1-2-4-11/h1-2,5-7,11,15H,3-4,8H2. The Hall–Kier alpha value is -0.860. The third-order valence-corrected chi connectivity index (χ3v) is 2.84. The zero-order chi connectivity index (χ0) is 10.7. The second-order valence-electron chi connectivity index (χ2n) is 3.76. The third kappa shape index (κ3) is 2.80. The summed E-state index contributed by atoms with van der Waals surface area (Å²) < 4.78 is 13.4.